The van der Waals surface area contributed by atoms with E-state index in [0.29, 0.717) is 36.3 Å². The highest BCUT2D eigenvalue weighted by atomic mass is 16.5. The lowest BCUT2D eigenvalue weighted by Gasteiger charge is -2.34. The lowest BCUT2D eigenvalue weighted by atomic mass is 10.0. The highest BCUT2D eigenvalue weighted by Gasteiger charge is 2.34. The van der Waals surface area contributed by atoms with Crippen molar-refractivity contribution in [1.29, 1.82) is 0 Å². The third kappa shape index (κ3) is 6.34. The number of aliphatic hydroxyl groups is 1. The average Bonchev–Trinajstić information content (AvgIpc) is 3.61. The molecule has 36 heavy (non-hydrogen) atoms. The first-order chi connectivity index (χ1) is 17.5. The maximum absolute atomic E-state index is 13.7. The molecule has 2 aromatic carbocycles. The van der Waals surface area contributed by atoms with Crippen LogP contribution in [0.5, 0.6) is 5.75 Å². The standard InChI is InChI=1S/C29H33NO6/c31-27(32)14-2-1-7-19-36-26-12-6-5-11-24(26)29(34)30(23-9-3-4-10-23)28(33)22-17-15-21(16-18-22)25-13-8-20-35-25/h5-6,8,11-13,15-18,20,23,29,34H,1-4,7,9-10,14,19H2,(H,31,32). The highest BCUT2D eigenvalue weighted by molar-refractivity contribution is 5.95. The number of hydrogen-bond donors (Lipinski definition) is 2. The maximum Gasteiger partial charge on any atom is 0.303 e. The number of ether oxygens (including phenoxy) is 1. The molecule has 1 unspecified atom stereocenters. The lowest BCUT2D eigenvalue weighted by Crippen LogP contribution is -2.42. The summed E-state index contributed by atoms with van der Waals surface area (Å²) < 4.78 is 11.4. The van der Waals surface area contributed by atoms with Crippen LogP contribution in [0.4, 0.5) is 0 Å². The van der Waals surface area contributed by atoms with Crippen LogP contribution < -0.4 is 4.74 Å². The number of furan rings is 1. The van der Waals surface area contributed by atoms with Crippen LogP contribution in [0.15, 0.2) is 71.3 Å². The Morgan fingerprint density at radius 2 is 1.72 bits per heavy atom. The third-order valence-electron chi connectivity index (χ3n) is 6.64. The van der Waals surface area contributed by atoms with Crippen LogP contribution in [0.25, 0.3) is 11.3 Å². The monoisotopic (exact) mass is 491 g/mol. The molecule has 190 valence electrons. The highest BCUT2D eigenvalue weighted by Crippen LogP contribution is 2.35. The van der Waals surface area contributed by atoms with Gasteiger partial charge in [-0.3, -0.25) is 9.59 Å². The molecule has 3 aromatic rings. The Morgan fingerprint density at radius 1 is 0.972 bits per heavy atom. The number of carbonyl (C=O) groups excluding carboxylic acids is 1. The molecule has 2 N–H and O–H groups in total. The number of para-hydroxylation sites is 1. The van der Waals surface area contributed by atoms with E-state index in [9.17, 15) is 14.7 Å². The molecule has 0 saturated heterocycles. The number of benzene rings is 2. The number of nitrogens with zero attached hydrogens (tertiary/aromatic N) is 1. The Morgan fingerprint density at radius 3 is 2.42 bits per heavy atom. The summed E-state index contributed by atoms with van der Waals surface area (Å²) in [7, 11) is 0. The molecule has 7 heteroatoms. The summed E-state index contributed by atoms with van der Waals surface area (Å²) in [6.45, 7) is 0.412. The van der Waals surface area contributed by atoms with E-state index in [1.165, 1.54) is 0 Å². The van der Waals surface area contributed by atoms with Gasteiger partial charge < -0.3 is 24.3 Å². The summed E-state index contributed by atoms with van der Waals surface area (Å²) in [5.74, 6) is 0.253. The first kappa shape index (κ1) is 25.5. The largest absolute Gasteiger partial charge is 0.493 e. The molecule has 0 bridgehead atoms. The number of unbranched alkanes of at least 4 members (excludes halogenated alkanes) is 2. The maximum atomic E-state index is 13.7. The summed E-state index contributed by atoms with van der Waals surface area (Å²) in [5.41, 5.74) is 1.94. The van der Waals surface area contributed by atoms with Crippen molar-refractivity contribution in [3.05, 3.63) is 78.1 Å². The first-order valence-corrected chi connectivity index (χ1v) is 12.6. The van der Waals surface area contributed by atoms with E-state index in [-0.39, 0.29) is 18.4 Å². The smallest absolute Gasteiger partial charge is 0.303 e. The van der Waals surface area contributed by atoms with Gasteiger partial charge in [-0.2, -0.15) is 0 Å². The van der Waals surface area contributed by atoms with Crippen LogP contribution in [0.2, 0.25) is 0 Å². The number of carboxylic acid groups (broad SMARTS) is 1. The molecule has 1 aliphatic carbocycles. The number of carboxylic acids is 1. The van der Waals surface area contributed by atoms with Gasteiger partial charge in [-0.15, -0.1) is 0 Å². The van der Waals surface area contributed by atoms with Crippen molar-refractivity contribution >= 4 is 11.9 Å². The predicted octanol–water partition coefficient (Wildman–Crippen LogP) is 6.05. The Hall–Kier alpha value is -3.58. The summed E-state index contributed by atoms with van der Waals surface area (Å²) in [6, 6.07) is 18.1. The topological polar surface area (TPSA) is 100 Å². The zero-order chi connectivity index (χ0) is 25.3. The van der Waals surface area contributed by atoms with E-state index in [0.717, 1.165) is 43.4 Å². The van der Waals surface area contributed by atoms with Gasteiger partial charge in [0.2, 0.25) is 0 Å². The first-order valence-electron chi connectivity index (χ1n) is 12.6. The van der Waals surface area contributed by atoms with E-state index in [4.69, 9.17) is 14.3 Å². The molecule has 0 aliphatic heterocycles. The second-order valence-electron chi connectivity index (χ2n) is 9.17. The quantitative estimate of drug-likeness (QED) is 0.236. The van der Waals surface area contributed by atoms with Crippen molar-refractivity contribution < 1.29 is 29.0 Å². The van der Waals surface area contributed by atoms with Crippen LogP contribution in [0.1, 0.15) is 73.5 Å². The number of aliphatic hydroxyl groups excluding tert-OH is 1. The van der Waals surface area contributed by atoms with Gasteiger partial charge in [0.1, 0.15) is 11.5 Å². The molecule has 0 radical (unpaired) electrons. The second kappa shape index (κ2) is 12.4. The fourth-order valence-electron chi connectivity index (χ4n) is 4.74. The Kier molecular flexibility index (Phi) is 8.79. The molecule has 1 saturated carbocycles. The zero-order valence-corrected chi connectivity index (χ0v) is 20.3. The number of hydrogen-bond acceptors (Lipinski definition) is 5. The molecule has 1 aromatic heterocycles. The lowest BCUT2D eigenvalue weighted by molar-refractivity contribution is -0.137. The average molecular weight is 492 g/mol. The van der Waals surface area contributed by atoms with E-state index in [2.05, 4.69) is 0 Å². The zero-order valence-electron chi connectivity index (χ0n) is 20.3. The van der Waals surface area contributed by atoms with E-state index in [1.54, 1.807) is 35.4 Å². The van der Waals surface area contributed by atoms with E-state index < -0.39 is 12.2 Å². The number of carbonyl (C=O) groups is 2. The SMILES string of the molecule is O=C(O)CCCCCOc1ccccc1C(O)N(C(=O)c1ccc(-c2ccco2)cc1)C1CCCC1. The predicted molar refractivity (Wildman–Crippen MR) is 136 cm³/mol. The molecule has 1 fully saturated rings. The molecule has 7 nitrogen and oxygen atoms in total. The van der Waals surface area contributed by atoms with Crippen molar-refractivity contribution in [3.8, 4) is 17.1 Å². The Bertz CT molecular complexity index is 1120. The van der Waals surface area contributed by atoms with E-state index in [1.807, 2.05) is 36.4 Å². The summed E-state index contributed by atoms with van der Waals surface area (Å²) in [6.07, 6.45) is 6.42. The number of amides is 1. The van der Waals surface area contributed by atoms with Crippen LogP contribution in [-0.2, 0) is 4.79 Å². The summed E-state index contributed by atoms with van der Waals surface area (Å²) >= 11 is 0. The van der Waals surface area contributed by atoms with Crippen LogP contribution in [0.3, 0.4) is 0 Å². The second-order valence-corrected chi connectivity index (χ2v) is 9.17. The molecule has 4 rings (SSSR count). The molecule has 1 heterocycles. The molecule has 1 aliphatic rings. The molecule has 1 atom stereocenters. The van der Waals surface area contributed by atoms with Gasteiger partial charge in [0.05, 0.1) is 12.9 Å². The fourth-order valence-corrected chi connectivity index (χ4v) is 4.74. The van der Waals surface area contributed by atoms with Gasteiger partial charge in [0, 0.05) is 29.2 Å². The minimum Gasteiger partial charge on any atom is -0.493 e. The van der Waals surface area contributed by atoms with Gasteiger partial charge in [-0.25, -0.2) is 0 Å². The van der Waals surface area contributed by atoms with Gasteiger partial charge in [0.15, 0.2) is 6.23 Å². The van der Waals surface area contributed by atoms with Gasteiger partial charge in [-0.05, 0) is 62.4 Å². The normalized spacial score (nSPS) is 14.5. The van der Waals surface area contributed by atoms with Gasteiger partial charge in [-0.1, -0.05) is 43.2 Å². The number of aliphatic carboxylic acids is 1. The summed E-state index contributed by atoms with van der Waals surface area (Å²) in [5, 5.41) is 20.3. The Balaban J connectivity index is 1.50. The summed E-state index contributed by atoms with van der Waals surface area (Å²) in [4.78, 5) is 26.0. The Labute approximate surface area is 211 Å². The third-order valence-corrected chi connectivity index (χ3v) is 6.64. The van der Waals surface area contributed by atoms with Gasteiger partial charge >= 0.3 is 5.97 Å². The van der Waals surface area contributed by atoms with Crippen molar-refractivity contribution in [2.75, 3.05) is 6.61 Å². The van der Waals surface area contributed by atoms with E-state index >= 15 is 0 Å². The number of rotatable bonds is 12. The van der Waals surface area contributed by atoms with Crippen LogP contribution in [0, 0.1) is 0 Å². The van der Waals surface area contributed by atoms with Crippen LogP contribution >= 0.6 is 0 Å². The van der Waals surface area contributed by atoms with Crippen LogP contribution in [-0.4, -0.2) is 39.6 Å². The molecular weight excluding hydrogens is 458 g/mol. The minimum atomic E-state index is -1.14. The molecular formula is C29H33NO6. The van der Waals surface area contributed by atoms with Gasteiger partial charge in [0.25, 0.3) is 5.91 Å². The minimum absolute atomic E-state index is 0.0543. The van der Waals surface area contributed by atoms with Crippen molar-refractivity contribution in [2.45, 2.75) is 63.6 Å². The van der Waals surface area contributed by atoms with Crippen molar-refractivity contribution in [3.63, 3.8) is 0 Å². The molecule has 1 amide bonds. The molecule has 0 spiro atoms. The van der Waals surface area contributed by atoms with Crippen molar-refractivity contribution in [2.24, 2.45) is 0 Å². The van der Waals surface area contributed by atoms with Crippen molar-refractivity contribution in [1.82, 2.24) is 4.90 Å². The fraction of sp³-hybridized carbons (Fsp3) is 0.379.